The van der Waals surface area contributed by atoms with Crippen molar-refractivity contribution >= 4 is 28.9 Å². The van der Waals surface area contributed by atoms with Gasteiger partial charge in [0.15, 0.2) is 6.10 Å². The summed E-state index contributed by atoms with van der Waals surface area (Å²) in [6.07, 6.45) is -0.868. The Hall–Kier alpha value is -0.580. The lowest BCUT2D eigenvalue weighted by Crippen LogP contribution is -2.40. The normalized spacial score (nSPS) is 13.9. The molecule has 15 heavy (non-hydrogen) atoms. The van der Waals surface area contributed by atoms with E-state index in [1.54, 1.807) is 11.4 Å². The first-order valence-corrected chi connectivity index (χ1v) is 5.65. The van der Waals surface area contributed by atoms with Crippen LogP contribution < -0.4 is 0 Å². The van der Waals surface area contributed by atoms with Gasteiger partial charge in [-0.1, -0.05) is 25.4 Å². The zero-order chi connectivity index (χ0) is 11.6. The van der Waals surface area contributed by atoms with E-state index in [4.69, 9.17) is 21.4 Å². The number of hydrogen-bond donors (Lipinski definition) is 1. The van der Waals surface area contributed by atoms with E-state index >= 15 is 0 Å². The molecule has 1 aromatic rings. The predicted molar refractivity (Wildman–Crippen MR) is 60.8 cm³/mol. The Morgan fingerprint density at radius 1 is 1.67 bits per heavy atom. The quantitative estimate of drug-likeness (QED) is 0.891. The minimum Gasteiger partial charge on any atom is -0.479 e. The monoisotopic (exact) mass is 248 g/mol. The molecule has 0 saturated carbocycles. The van der Waals surface area contributed by atoms with Gasteiger partial charge in [0.25, 0.3) is 0 Å². The molecule has 1 rings (SSSR count). The summed E-state index contributed by atoms with van der Waals surface area (Å²) < 4.78 is 5.00. The molecule has 0 aliphatic rings. The molecule has 84 valence electrons. The molecule has 0 bridgehead atoms. The zero-order valence-electron chi connectivity index (χ0n) is 8.78. The fourth-order valence-corrected chi connectivity index (χ4v) is 2.71. The highest BCUT2D eigenvalue weighted by Crippen LogP contribution is 2.35. The van der Waals surface area contributed by atoms with E-state index in [2.05, 4.69) is 0 Å². The van der Waals surface area contributed by atoms with E-state index in [1.807, 2.05) is 13.8 Å². The summed E-state index contributed by atoms with van der Waals surface area (Å²) >= 11 is 7.26. The van der Waals surface area contributed by atoms with Crippen molar-refractivity contribution in [1.82, 2.24) is 0 Å². The minimum atomic E-state index is -0.966. The van der Waals surface area contributed by atoms with E-state index in [9.17, 15) is 4.79 Å². The molecular weight excluding hydrogens is 236 g/mol. The van der Waals surface area contributed by atoms with Gasteiger partial charge < -0.3 is 9.84 Å². The Kier molecular flexibility index (Phi) is 3.76. The number of rotatable bonds is 4. The zero-order valence-corrected chi connectivity index (χ0v) is 10.4. The first kappa shape index (κ1) is 12.5. The third kappa shape index (κ3) is 2.51. The number of thiophene rings is 1. The van der Waals surface area contributed by atoms with Crippen LogP contribution >= 0.6 is 22.9 Å². The van der Waals surface area contributed by atoms with Crippen molar-refractivity contribution in [2.75, 3.05) is 7.11 Å². The molecule has 1 heterocycles. The maximum absolute atomic E-state index is 11.0. The average molecular weight is 249 g/mol. The number of carboxylic acid groups (broad SMARTS) is 1. The van der Waals surface area contributed by atoms with Gasteiger partial charge in [0, 0.05) is 22.8 Å². The summed E-state index contributed by atoms with van der Waals surface area (Å²) in [6, 6.07) is 1.78. The van der Waals surface area contributed by atoms with E-state index in [1.165, 1.54) is 18.4 Å². The second-order valence-electron chi connectivity index (χ2n) is 3.80. The number of carbonyl (C=O) groups is 1. The van der Waals surface area contributed by atoms with Crippen molar-refractivity contribution in [2.24, 2.45) is 0 Å². The maximum atomic E-state index is 11.0. The SMILES string of the molecule is COC(C(=O)O)C(C)(C)c1cc(Cl)cs1. The van der Waals surface area contributed by atoms with Gasteiger partial charge in [-0.15, -0.1) is 11.3 Å². The highest BCUT2D eigenvalue weighted by molar-refractivity contribution is 7.10. The van der Waals surface area contributed by atoms with Crippen LogP contribution in [0.25, 0.3) is 0 Å². The Morgan fingerprint density at radius 2 is 2.27 bits per heavy atom. The lowest BCUT2D eigenvalue weighted by atomic mass is 9.85. The lowest BCUT2D eigenvalue weighted by Gasteiger charge is -2.29. The topological polar surface area (TPSA) is 46.5 Å². The van der Waals surface area contributed by atoms with E-state index in [0.717, 1.165) is 4.88 Å². The molecule has 0 amide bonds. The van der Waals surface area contributed by atoms with Crippen LogP contribution in [0.5, 0.6) is 0 Å². The molecule has 1 N–H and O–H groups in total. The van der Waals surface area contributed by atoms with Crippen molar-refractivity contribution in [3.63, 3.8) is 0 Å². The Morgan fingerprint density at radius 3 is 2.60 bits per heavy atom. The first-order chi connectivity index (χ1) is 6.89. The number of carboxylic acids is 1. The lowest BCUT2D eigenvalue weighted by molar-refractivity contribution is -0.152. The second-order valence-corrected chi connectivity index (χ2v) is 5.15. The van der Waals surface area contributed by atoms with E-state index in [-0.39, 0.29) is 0 Å². The van der Waals surface area contributed by atoms with Crippen molar-refractivity contribution in [3.05, 3.63) is 21.3 Å². The highest BCUT2D eigenvalue weighted by Gasteiger charge is 2.38. The molecule has 0 fully saturated rings. The number of hydrogen-bond acceptors (Lipinski definition) is 3. The third-order valence-corrected chi connectivity index (χ3v) is 3.94. The first-order valence-electron chi connectivity index (χ1n) is 4.39. The molecular formula is C10H13ClO3S. The van der Waals surface area contributed by atoms with Gasteiger partial charge in [-0.3, -0.25) is 0 Å². The van der Waals surface area contributed by atoms with E-state index in [0.29, 0.717) is 5.02 Å². The molecule has 1 aromatic heterocycles. The van der Waals surface area contributed by atoms with Gasteiger partial charge in [-0.25, -0.2) is 4.79 Å². The summed E-state index contributed by atoms with van der Waals surface area (Å²) in [5, 5.41) is 11.4. The fourth-order valence-electron chi connectivity index (χ4n) is 1.48. The molecule has 0 spiro atoms. The largest absolute Gasteiger partial charge is 0.479 e. The van der Waals surface area contributed by atoms with Gasteiger partial charge in [-0.2, -0.15) is 0 Å². The third-order valence-electron chi connectivity index (χ3n) is 2.32. The van der Waals surface area contributed by atoms with Gasteiger partial charge in [0.2, 0.25) is 0 Å². The van der Waals surface area contributed by atoms with Gasteiger partial charge >= 0.3 is 5.97 Å². The van der Waals surface area contributed by atoms with Crippen molar-refractivity contribution < 1.29 is 14.6 Å². The van der Waals surface area contributed by atoms with Crippen LogP contribution in [0, 0.1) is 0 Å². The number of ether oxygens (including phenoxy) is 1. The van der Waals surface area contributed by atoms with Crippen LogP contribution in [0.15, 0.2) is 11.4 Å². The fraction of sp³-hybridized carbons (Fsp3) is 0.500. The molecule has 1 atom stereocenters. The highest BCUT2D eigenvalue weighted by atomic mass is 35.5. The summed E-state index contributed by atoms with van der Waals surface area (Å²) in [5.41, 5.74) is -0.585. The second kappa shape index (κ2) is 4.51. The van der Waals surface area contributed by atoms with Crippen LogP contribution in [-0.4, -0.2) is 24.3 Å². The van der Waals surface area contributed by atoms with Crippen molar-refractivity contribution in [2.45, 2.75) is 25.4 Å². The van der Waals surface area contributed by atoms with Crippen LogP contribution in [0.1, 0.15) is 18.7 Å². The van der Waals surface area contributed by atoms with Crippen molar-refractivity contribution in [3.8, 4) is 0 Å². The predicted octanol–water partition coefficient (Wildman–Crippen LogP) is 2.78. The molecule has 0 aliphatic carbocycles. The van der Waals surface area contributed by atoms with Gasteiger partial charge in [-0.05, 0) is 6.07 Å². The van der Waals surface area contributed by atoms with Crippen LogP contribution in [0.3, 0.4) is 0 Å². The Labute approximate surface area is 97.6 Å². The summed E-state index contributed by atoms with van der Waals surface area (Å²) in [7, 11) is 1.40. The van der Waals surface area contributed by atoms with E-state index < -0.39 is 17.5 Å². The molecule has 0 radical (unpaired) electrons. The number of halogens is 1. The smallest absolute Gasteiger partial charge is 0.333 e. The molecule has 0 aromatic carbocycles. The molecule has 0 aliphatic heterocycles. The molecule has 5 heteroatoms. The minimum absolute atomic E-state index is 0.585. The van der Waals surface area contributed by atoms with Crippen molar-refractivity contribution in [1.29, 1.82) is 0 Å². The van der Waals surface area contributed by atoms with Crippen LogP contribution in [-0.2, 0) is 14.9 Å². The summed E-state index contributed by atoms with van der Waals surface area (Å²) in [4.78, 5) is 11.9. The Balaban J connectivity index is 3.04. The maximum Gasteiger partial charge on any atom is 0.333 e. The molecule has 0 saturated heterocycles. The Bertz CT molecular complexity index is 359. The van der Waals surface area contributed by atoms with Crippen LogP contribution in [0.2, 0.25) is 5.02 Å². The number of aliphatic carboxylic acids is 1. The summed E-state index contributed by atoms with van der Waals surface area (Å²) in [5.74, 6) is -0.966. The van der Waals surface area contributed by atoms with Gasteiger partial charge in [0.1, 0.15) is 0 Å². The standard InChI is InChI=1S/C10H13ClO3S/c1-10(2,8(14-3)9(12)13)7-4-6(11)5-15-7/h4-5,8H,1-3H3,(H,12,13). The molecule has 3 nitrogen and oxygen atoms in total. The number of methoxy groups -OCH3 is 1. The average Bonchev–Trinajstić information content (AvgIpc) is 2.52. The summed E-state index contributed by atoms with van der Waals surface area (Å²) in [6.45, 7) is 3.66. The molecule has 1 unspecified atom stereocenters. The van der Waals surface area contributed by atoms with Gasteiger partial charge in [0.05, 0.1) is 5.02 Å². The van der Waals surface area contributed by atoms with Crippen LogP contribution in [0.4, 0.5) is 0 Å².